The zero-order valence-corrected chi connectivity index (χ0v) is 11.0. The summed E-state index contributed by atoms with van der Waals surface area (Å²) < 4.78 is 10.2. The molecule has 0 saturated carbocycles. The van der Waals surface area contributed by atoms with Crippen LogP contribution in [-0.2, 0) is 14.3 Å². The molecule has 0 aromatic heterocycles. The van der Waals surface area contributed by atoms with Gasteiger partial charge in [0.15, 0.2) is 0 Å². The van der Waals surface area contributed by atoms with Crippen LogP contribution in [0.5, 0.6) is 0 Å². The van der Waals surface area contributed by atoms with Crippen LogP contribution in [0.4, 0.5) is 5.69 Å². The summed E-state index contributed by atoms with van der Waals surface area (Å²) in [7, 11) is 1.64. The van der Waals surface area contributed by atoms with Gasteiger partial charge in [-0.1, -0.05) is 12.1 Å². The number of hydrogen-bond acceptors (Lipinski definition) is 4. The molecule has 0 atom stereocenters. The van der Waals surface area contributed by atoms with Crippen molar-refractivity contribution in [2.24, 2.45) is 0 Å². The summed E-state index contributed by atoms with van der Waals surface area (Å²) in [6.45, 7) is 1.60. The molecule has 1 rings (SSSR count). The fraction of sp³-hybridized carbons (Fsp3) is 0.429. The van der Waals surface area contributed by atoms with Crippen molar-refractivity contribution in [2.45, 2.75) is 12.8 Å². The summed E-state index contributed by atoms with van der Waals surface area (Å²) in [6.07, 6.45) is 1.09. The van der Waals surface area contributed by atoms with Gasteiger partial charge in [0, 0.05) is 20.3 Å². The molecule has 0 aliphatic heterocycles. The zero-order chi connectivity index (χ0) is 13.9. The molecular formula is C14H18N2O3. The number of nitrogens with one attached hydrogen (secondary N) is 1. The number of carbonyl (C=O) groups excluding carboxylic acids is 1. The molecule has 1 aromatic rings. The van der Waals surface area contributed by atoms with E-state index >= 15 is 0 Å². The monoisotopic (exact) mass is 262 g/mol. The summed E-state index contributed by atoms with van der Waals surface area (Å²) in [4.78, 5) is 11.6. The Morgan fingerprint density at radius 2 is 2.11 bits per heavy atom. The Kier molecular flexibility index (Phi) is 7.25. The largest absolute Gasteiger partial charge is 0.385 e. The Hall–Kier alpha value is -1.90. The van der Waals surface area contributed by atoms with Crippen LogP contribution in [0.15, 0.2) is 24.3 Å². The second kappa shape index (κ2) is 9.09. The lowest BCUT2D eigenvalue weighted by atomic mass is 10.2. The number of hydrogen-bond donors (Lipinski definition) is 1. The van der Waals surface area contributed by atoms with Crippen LogP contribution in [0.3, 0.4) is 0 Å². The summed E-state index contributed by atoms with van der Waals surface area (Å²) in [5.74, 6) is -0.158. The lowest BCUT2D eigenvalue weighted by Gasteiger charge is -2.07. The van der Waals surface area contributed by atoms with Gasteiger partial charge in [-0.2, -0.15) is 5.26 Å². The smallest absolute Gasteiger partial charge is 0.226 e. The third kappa shape index (κ3) is 6.00. The Labute approximate surface area is 113 Å². The molecule has 0 unspecified atom stereocenters. The normalized spacial score (nSPS) is 9.89. The molecule has 1 N–H and O–H groups in total. The van der Waals surface area contributed by atoms with Crippen molar-refractivity contribution in [3.8, 4) is 6.07 Å². The minimum absolute atomic E-state index is 0.158. The summed E-state index contributed by atoms with van der Waals surface area (Å²) in [6, 6.07) is 8.93. The number of benzene rings is 1. The first-order valence-corrected chi connectivity index (χ1v) is 6.13. The molecule has 0 saturated heterocycles. The Morgan fingerprint density at radius 1 is 1.32 bits per heavy atom. The maximum atomic E-state index is 11.6. The fourth-order valence-electron chi connectivity index (χ4n) is 1.47. The van der Waals surface area contributed by atoms with Gasteiger partial charge in [-0.15, -0.1) is 0 Å². The Balaban J connectivity index is 2.26. The van der Waals surface area contributed by atoms with Gasteiger partial charge in [-0.3, -0.25) is 4.79 Å². The van der Waals surface area contributed by atoms with E-state index in [2.05, 4.69) is 5.32 Å². The zero-order valence-electron chi connectivity index (χ0n) is 11.0. The second-order valence-corrected chi connectivity index (χ2v) is 3.91. The minimum Gasteiger partial charge on any atom is -0.385 e. The lowest BCUT2D eigenvalue weighted by molar-refractivity contribution is -0.117. The summed E-state index contributed by atoms with van der Waals surface area (Å²) >= 11 is 0. The number of nitrogens with zero attached hydrogens (tertiary/aromatic N) is 1. The molecule has 5 heteroatoms. The molecule has 102 valence electrons. The highest BCUT2D eigenvalue weighted by Crippen LogP contribution is 2.13. The topological polar surface area (TPSA) is 71.3 Å². The van der Waals surface area contributed by atoms with E-state index in [1.54, 1.807) is 31.4 Å². The number of nitriles is 1. The number of carbonyl (C=O) groups is 1. The number of para-hydroxylation sites is 1. The van der Waals surface area contributed by atoms with Crippen LogP contribution in [0.1, 0.15) is 18.4 Å². The number of rotatable bonds is 8. The van der Waals surface area contributed by atoms with E-state index in [-0.39, 0.29) is 12.3 Å². The van der Waals surface area contributed by atoms with E-state index in [9.17, 15) is 4.79 Å². The van der Waals surface area contributed by atoms with Gasteiger partial charge in [0.05, 0.1) is 24.3 Å². The maximum absolute atomic E-state index is 11.6. The van der Waals surface area contributed by atoms with E-state index < -0.39 is 0 Å². The van der Waals surface area contributed by atoms with Crippen molar-refractivity contribution in [3.63, 3.8) is 0 Å². The molecule has 0 spiro atoms. The van der Waals surface area contributed by atoms with E-state index in [4.69, 9.17) is 14.7 Å². The van der Waals surface area contributed by atoms with Crippen molar-refractivity contribution >= 4 is 11.6 Å². The first kappa shape index (κ1) is 15.2. The number of methoxy groups -OCH3 is 1. The predicted octanol–water partition coefficient (Wildman–Crippen LogP) is 1.94. The first-order chi connectivity index (χ1) is 9.27. The molecular weight excluding hydrogens is 244 g/mol. The third-order valence-electron chi connectivity index (χ3n) is 2.43. The Morgan fingerprint density at radius 3 is 2.84 bits per heavy atom. The first-order valence-electron chi connectivity index (χ1n) is 6.13. The van der Waals surface area contributed by atoms with E-state index in [1.165, 1.54) is 0 Å². The molecule has 19 heavy (non-hydrogen) atoms. The van der Waals surface area contributed by atoms with Crippen LogP contribution < -0.4 is 5.32 Å². The van der Waals surface area contributed by atoms with Crippen LogP contribution in [-0.4, -0.2) is 32.8 Å². The average molecular weight is 262 g/mol. The van der Waals surface area contributed by atoms with Gasteiger partial charge in [0.25, 0.3) is 0 Å². The van der Waals surface area contributed by atoms with Gasteiger partial charge in [0.1, 0.15) is 6.07 Å². The van der Waals surface area contributed by atoms with Crippen LogP contribution >= 0.6 is 0 Å². The van der Waals surface area contributed by atoms with Crippen LogP contribution in [0, 0.1) is 11.3 Å². The van der Waals surface area contributed by atoms with E-state index in [0.29, 0.717) is 31.1 Å². The lowest BCUT2D eigenvalue weighted by Crippen LogP contribution is -2.15. The van der Waals surface area contributed by atoms with Crippen LogP contribution in [0.25, 0.3) is 0 Å². The van der Waals surface area contributed by atoms with Gasteiger partial charge in [0.2, 0.25) is 5.91 Å². The molecule has 0 heterocycles. The molecule has 0 fully saturated rings. The highest BCUT2D eigenvalue weighted by atomic mass is 16.5. The third-order valence-corrected chi connectivity index (χ3v) is 2.43. The molecule has 0 aliphatic carbocycles. The van der Waals surface area contributed by atoms with Crippen molar-refractivity contribution in [3.05, 3.63) is 29.8 Å². The SMILES string of the molecule is COCCCOCCC(=O)Nc1ccccc1C#N. The van der Waals surface area contributed by atoms with E-state index in [1.807, 2.05) is 6.07 Å². The maximum Gasteiger partial charge on any atom is 0.226 e. The van der Waals surface area contributed by atoms with Crippen molar-refractivity contribution in [1.29, 1.82) is 5.26 Å². The van der Waals surface area contributed by atoms with Crippen molar-refractivity contribution in [1.82, 2.24) is 0 Å². The van der Waals surface area contributed by atoms with Gasteiger partial charge >= 0.3 is 0 Å². The van der Waals surface area contributed by atoms with Crippen molar-refractivity contribution < 1.29 is 14.3 Å². The predicted molar refractivity (Wildman–Crippen MR) is 71.7 cm³/mol. The van der Waals surface area contributed by atoms with Crippen molar-refractivity contribution in [2.75, 3.05) is 32.2 Å². The molecule has 0 bridgehead atoms. The van der Waals surface area contributed by atoms with Gasteiger partial charge in [-0.25, -0.2) is 0 Å². The number of amides is 1. The standard InChI is InChI=1S/C14H18N2O3/c1-18-8-4-9-19-10-7-14(17)16-13-6-3-2-5-12(13)11-15/h2-3,5-6H,4,7-10H2,1H3,(H,16,17). The quantitative estimate of drug-likeness (QED) is 0.727. The second-order valence-electron chi connectivity index (χ2n) is 3.91. The average Bonchev–Trinajstić information content (AvgIpc) is 2.43. The highest BCUT2D eigenvalue weighted by Gasteiger charge is 2.05. The molecule has 0 radical (unpaired) electrons. The molecule has 5 nitrogen and oxygen atoms in total. The molecule has 1 amide bonds. The van der Waals surface area contributed by atoms with Gasteiger partial charge in [-0.05, 0) is 18.6 Å². The fourth-order valence-corrected chi connectivity index (χ4v) is 1.47. The number of ether oxygens (including phenoxy) is 2. The van der Waals surface area contributed by atoms with Crippen LogP contribution in [0.2, 0.25) is 0 Å². The highest BCUT2D eigenvalue weighted by molar-refractivity contribution is 5.92. The van der Waals surface area contributed by atoms with E-state index in [0.717, 1.165) is 6.42 Å². The number of anilines is 1. The van der Waals surface area contributed by atoms with Gasteiger partial charge < -0.3 is 14.8 Å². The summed E-state index contributed by atoms with van der Waals surface area (Å²) in [5.41, 5.74) is 0.992. The molecule has 1 aromatic carbocycles. The molecule has 0 aliphatic rings. The minimum atomic E-state index is -0.158. The Bertz CT molecular complexity index is 441. The summed E-state index contributed by atoms with van der Waals surface area (Å²) in [5, 5.41) is 11.6.